The molecule has 1 aliphatic carbocycles. The summed E-state index contributed by atoms with van der Waals surface area (Å²) in [5.74, 6) is -0.274. The summed E-state index contributed by atoms with van der Waals surface area (Å²) in [6.07, 6.45) is 4.80. The average molecular weight is 174 g/mol. The van der Waals surface area contributed by atoms with Crippen LogP contribution in [0.3, 0.4) is 0 Å². The molecule has 2 unspecified atom stereocenters. The molecule has 2 N–H and O–H groups in total. The summed E-state index contributed by atoms with van der Waals surface area (Å²) in [6, 6.07) is 0. The number of aliphatic carboxylic acids is 1. The lowest BCUT2D eigenvalue weighted by Gasteiger charge is -2.23. The van der Waals surface area contributed by atoms with Gasteiger partial charge in [0, 0.05) is 6.92 Å². The van der Waals surface area contributed by atoms with Crippen molar-refractivity contribution in [3.05, 3.63) is 0 Å². The van der Waals surface area contributed by atoms with E-state index in [4.69, 9.17) is 9.90 Å². The molecule has 1 rings (SSSR count). The van der Waals surface area contributed by atoms with Gasteiger partial charge in [-0.25, -0.2) is 0 Å². The first-order valence-corrected chi connectivity index (χ1v) is 4.41. The quantitative estimate of drug-likeness (QED) is 0.587. The van der Waals surface area contributed by atoms with Crippen LogP contribution in [0, 0.1) is 5.92 Å². The van der Waals surface area contributed by atoms with Crippen LogP contribution in [-0.2, 0) is 4.79 Å². The fraction of sp³-hybridized carbons (Fsp3) is 0.889. The second kappa shape index (κ2) is 6.00. The summed E-state index contributed by atoms with van der Waals surface area (Å²) in [5, 5.41) is 16.6. The van der Waals surface area contributed by atoms with E-state index in [1.165, 1.54) is 19.3 Å². The molecule has 0 aromatic carbocycles. The molecule has 0 bridgehead atoms. The number of hydrogen-bond donors (Lipinski definition) is 2. The molecular weight excluding hydrogens is 156 g/mol. The number of hydrogen-bond acceptors (Lipinski definition) is 2. The fourth-order valence-corrected chi connectivity index (χ4v) is 1.30. The Kier molecular flexibility index (Phi) is 5.72. The van der Waals surface area contributed by atoms with E-state index in [0.29, 0.717) is 5.92 Å². The third-order valence-corrected chi connectivity index (χ3v) is 2.07. The van der Waals surface area contributed by atoms with Crippen molar-refractivity contribution in [2.24, 2.45) is 5.92 Å². The van der Waals surface area contributed by atoms with Crippen LogP contribution in [-0.4, -0.2) is 22.3 Å². The van der Waals surface area contributed by atoms with Crippen LogP contribution >= 0.6 is 0 Å². The topological polar surface area (TPSA) is 57.5 Å². The predicted octanol–water partition coefficient (Wildman–Crippen LogP) is 1.65. The zero-order valence-electron chi connectivity index (χ0n) is 7.79. The number of rotatable bonds is 0. The van der Waals surface area contributed by atoms with Crippen molar-refractivity contribution < 1.29 is 15.0 Å². The van der Waals surface area contributed by atoms with Crippen molar-refractivity contribution in [1.82, 2.24) is 0 Å². The third kappa shape index (κ3) is 6.16. The normalized spacial score (nSPS) is 28.6. The summed E-state index contributed by atoms with van der Waals surface area (Å²) in [6.45, 7) is 3.21. The Morgan fingerprint density at radius 2 is 1.75 bits per heavy atom. The van der Waals surface area contributed by atoms with Crippen LogP contribution in [0.5, 0.6) is 0 Å². The minimum absolute atomic E-state index is 0.00347. The molecule has 3 nitrogen and oxygen atoms in total. The molecule has 3 heteroatoms. The molecule has 12 heavy (non-hydrogen) atoms. The number of aliphatic hydroxyl groups is 1. The van der Waals surface area contributed by atoms with Gasteiger partial charge in [-0.05, 0) is 18.8 Å². The largest absolute Gasteiger partial charge is 0.481 e. The van der Waals surface area contributed by atoms with E-state index in [9.17, 15) is 5.11 Å². The van der Waals surface area contributed by atoms with Crippen molar-refractivity contribution >= 4 is 5.97 Å². The summed E-state index contributed by atoms with van der Waals surface area (Å²) >= 11 is 0. The van der Waals surface area contributed by atoms with Gasteiger partial charge in [0.2, 0.25) is 0 Å². The lowest BCUT2D eigenvalue weighted by atomic mass is 9.88. The van der Waals surface area contributed by atoms with Gasteiger partial charge in [0.25, 0.3) is 5.97 Å². The fourth-order valence-electron chi connectivity index (χ4n) is 1.30. The first-order chi connectivity index (χ1) is 5.54. The Bertz CT molecular complexity index is 120. The summed E-state index contributed by atoms with van der Waals surface area (Å²) in [4.78, 5) is 9.00. The molecule has 0 radical (unpaired) electrons. The molecule has 0 aliphatic heterocycles. The maximum Gasteiger partial charge on any atom is 0.300 e. The first-order valence-electron chi connectivity index (χ1n) is 4.41. The van der Waals surface area contributed by atoms with E-state index < -0.39 is 5.97 Å². The van der Waals surface area contributed by atoms with Gasteiger partial charge in [-0.15, -0.1) is 0 Å². The molecule has 0 heterocycles. The molecule has 0 amide bonds. The zero-order chi connectivity index (χ0) is 9.56. The Labute approximate surface area is 73.4 Å². The minimum atomic E-state index is -0.833. The minimum Gasteiger partial charge on any atom is -0.481 e. The number of aliphatic hydroxyl groups excluding tert-OH is 1. The van der Waals surface area contributed by atoms with E-state index in [0.717, 1.165) is 13.3 Å². The SMILES string of the molecule is CC(=O)O.CC1CCCCC1O. The Hall–Kier alpha value is -0.570. The van der Waals surface area contributed by atoms with Crippen molar-refractivity contribution in [2.45, 2.75) is 45.6 Å². The molecule has 0 spiro atoms. The Morgan fingerprint density at radius 1 is 1.33 bits per heavy atom. The van der Waals surface area contributed by atoms with Crippen molar-refractivity contribution in [1.29, 1.82) is 0 Å². The number of carbonyl (C=O) groups is 1. The van der Waals surface area contributed by atoms with Crippen LogP contribution in [0.2, 0.25) is 0 Å². The summed E-state index contributed by atoms with van der Waals surface area (Å²) in [7, 11) is 0. The highest BCUT2D eigenvalue weighted by Crippen LogP contribution is 2.22. The number of carboxylic acid groups (broad SMARTS) is 1. The smallest absolute Gasteiger partial charge is 0.300 e. The molecular formula is C9H18O3. The van der Waals surface area contributed by atoms with E-state index in [1.807, 2.05) is 0 Å². The highest BCUT2D eigenvalue weighted by atomic mass is 16.4. The predicted molar refractivity (Wildman–Crippen MR) is 46.9 cm³/mol. The van der Waals surface area contributed by atoms with Crippen LogP contribution in [0.25, 0.3) is 0 Å². The van der Waals surface area contributed by atoms with E-state index >= 15 is 0 Å². The van der Waals surface area contributed by atoms with Gasteiger partial charge >= 0.3 is 0 Å². The average Bonchev–Trinajstić information content (AvgIpc) is 1.94. The number of carboxylic acids is 1. The molecule has 0 aromatic rings. The van der Waals surface area contributed by atoms with Gasteiger partial charge in [0.1, 0.15) is 0 Å². The second-order valence-electron chi connectivity index (χ2n) is 3.35. The van der Waals surface area contributed by atoms with E-state index in [2.05, 4.69) is 6.92 Å². The van der Waals surface area contributed by atoms with Crippen molar-refractivity contribution in [2.75, 3.05) is 0 Å². The van der Waals surface area contributed by atoms with Crippen LogP contribution in [0.1, 0.15) is 39.5 Å². The molecule has 1 saturated carbocycles. The van der Waals surface area contributed by atoms with Gasteiger partial charge < -0.3 is 10.2 Å². The van der Waals surface area contributed by atoms with Crippen molar-refractivity contribution in [3.63, 3.8) is 0 Å². The Morgan fingerprint density at radius 3 is 2.00 bits per heavy atom. The maximum absolute atomic E-state index is 9.18. The molecule has 72 valence electrons. The van der Waals surface area contributed by atoms with Gasteiger partial charge in [0.15, 0.2) is 0 Å². The van der Waals surface area contributed by atoms with Gasteiger partial charge in [-0.3, -0.25) is 4.79 Å². The molecule has 1 aliphatic rings. The highest BCUT2D eigenvalue weighted by molar-refractivity contribution is 5.62. The van der Waals surface area contributed by atoms with E-state index in [1.54, 1.807) is 0 Å². The van der Waals surface area contributed by atoms with E-state index in [-0.39, 0.29) is 6.10 Å². The van der Waals surface area contributed by atoms with Gasteiger partial charge in [0.05, 0.1) is 6.10 Å². The van der Waals surface area contributed by atoms with Gasteiger partial charge in [-0.2, -0.15) is 0 Å². The van der Waals surface area contributed by atoms with Gasteiger partial charge in [-0.1, -0.05) is 19.8 Å². The van der Waals surface area contributed by atoms with Crippen LogP contribution < -0.4 is 0 Å². The highest BCUT2D eigenvalue weighted by Gasteiger charge is 2.17. The standard InChI is InChI=1S/C7H14O.C2H4O2/c1-6-4-2-3-5-7(6)8;1-2(3)4/h6-8H,2-5H2,1H3;1H3,(H,3,4). The molecule has 1 fully saturated rings. The molecule has 0 saturated heterocycles. The maximum atomic E-state index is 9.18. The zero-order valence-corrected chi connectivity index (χ0v) is 7.79. The monoisotopic (exact) mass is 174 g/mol. The lowest BCUT2D eigenvalue weighted by molar-refractivity contribution is -0.134. The summed E-state index contributed by atoms with van der Waals surface area (Å²) < 4.78 is 0. The summed E-state index contributed by atoms with van der Waals surface area (Å²) in [5.41, 5.74) is 0. The molecule has 2 atom stereocenters. The first kappa shape index (κ1) is 11.4. The van der Waals surface area contributed by atoms with Crippen LogP contribution in [0.15, 0.2) is 0 Å². The van der Waals surface area contributed by atoms with Crippen LogP contribution in [0.4, 0.5) is 0 Å². The Balaban J connectivity index is 0.000000261. The van der Waals surface area contributed by atoms with Crippen molar-refractivity contribution in [3.8, 4) is 0 Å². The third-order valence-electron chi connectivity index (χ3n) is 2.07. The second-order valence-corrected chi connectivity index (χ2v) is 3.35. The molecule has 0 aromatic heterocycles. The lowest BCUT2D eigenvalue weighted by Crippen LogP contribution is -2.21.